The van der Waals surface area contributed by atoms with E-state index in [-0.39, 0.29) is 11.7 Å². The molecule has 0 aliphatic carbocycles. The van der Waals surface area contributed by atoms with Crippen LogP contribution in [0.5, 0.6) is 17.2 Å². The first-order chi connectivity index (χ1) is 17.5. The Bertz CT molecular complexity index is 1150. The first kappa shape index (κ1) is 25.3. The van der Waals surface area contributed by atoms with Crippen molar-refractivity contribution in [2.75, 3.05) is 51.8 Å². The van der Waals surface area contributed by atoms with E-state index in [0.29, 0.717) is 18.7 Å². The summed E-state index contributed by atoms with van der Waals surface area (Å²) >= 11 is 0. The molecule has 190 valence electrons. The minimum absolute atomic E-state index is 0.0255. The van der Waals surface area contributed by atoms with Gasteiger partial charge in [0.15, 0.2) is 0 Å². The maximum atomic E-state index is 12.2. The first-order valence-electron chi connectivity index (χ1n) is 12.3. The molecule has 1 saturated heterocycles. The van der Waals surface area contributed by atoms with E-state index in [1.165, 1.54) is 6.20 Å². The van der Waals surface area contributed by atoms with Crippen molar-refractivity contribution in [3.05, 3.63) is 66.0 Å². The summed E-state index contributed by atoms with van der Waals surface area (Å²) in [6.07, 6.45) is 4.03. The number of aromatic hydroxyl groups is 1. The molecule has 2 heterocycles. The number of methoxy groups -OCH3 is 2. The van der Waals surface area contributed by atoms with Crippen LogP contribution in [0.2, 0.25) is 0 Å². The van der Waals surface area contributed by atoms with Crippen LogP contribution in [0.25, 0.3) is 11.1 Å². The number of nitrogens with one attached hydrogen (secondary N) is 1. The normalized spacial score (nSPS) is 13.9. The smallest absolute Gasteiger partial charge is 0.251 e. The number of hydrogen-bond donors (Lipinski definition) is 2. The van der Waals surface area contributed by atoms with Crippen LogP contribution in [0.1, 0.15) is 29.3 Å². The molecule has 1 aliphatic rings. The van der Waals surface area contributed by atoms with Crippen LogP contribution in [0.4, 0.5) is 5.69 Å². The average Bonchev–Trinajstić information content (AvgIpc) is 2.92. The third kappa shape index (κ3) is 5.88. The van der Waals surface area contributed by atoms with E-state index < -0.39 is 0 Å². The molecular formula is C28H34N4O4. The highest BCUT2D eigenvalue weighted by atomic mass is 16.5. The molecule has 3 aromatic rings. The lowest BCUT2D eigenvalue weighted by Crippen LogP contribution is -2.46. The Morgan fingerprint density at radius 2 is 1.64 bits per heavy atom. The summed E-state index contributed by atoms with van der Waals surface area (Å²) in [6, 6.07) is 13.4. The van der Waals surface area contributed by atoms with Crippen molar-refractivity contribution in [2.45, 2.75) is 19.9 Å². The number of ether oxygens (including phenoxy) is 2. The third-order valence-corrected chi connectivity index (χ3v) is 6.45. The monoisotopic (exact) mass is 490 g/mol. The van der Waals surface area contributed by atoms with Gasteiger partial charge in [-0.3, -0.25) is 14.7 Å². The summed E-state index contributed by atoms with van der Waals surface area (Å²) in [7, 11) is 3.32. The molecule has 1 aromatic heterocycles. The van der Waals surface area contributed by atoms with Crippen LogP contribution < -0.4 is 19.7 Å². The molecule has 0 radical (unpaired) electrons. The van der Waals surface area contributed by atoms with Gasteiger partial charge in [0, 0.05) is 62.3 Å². The molecular weight excluding hydrogens is 456 g/mol. The zero-order valence-electron chi connectivity index (χ0n) is 21.2. The van der Waals surface area contributed by atoms with Crippen molar-refractivity contribution in [1.82, 2.24) is 15.2 Å². The van der Waals surface area contributed by atoms with Crippen LogP contribution in [0, 0.1) is 0 Å². The standard InChI is InChI=1S/C28H34N4O4/c1-4-9-30-28(34)20-5-7-23(8-6-20)32-12-10-31(11-13-32)19-25-26(35-2)15-21(16-27(25)36-3)22-14-24(33)18-29-17-22/h5-8,14-18,33H,4,9-13,19H2,1-3H3,(H,30,34). The highest BCUT2D eigenvalue weighted by Crippen LogP contribution is 2.36. The number of aromatic nitrogens is 1. The van der Waals surface area contributed by atoms with Crippen molar-refractivity contribution < 1.29 is 19.4 Å². The number of carbonyl (C=O) groups is 1. The van der Waals surface area contributed by atoms with Gasteiger partial charge in [0.25, 0.3) is 5.91 Å². The molecule has 2 aromatic carbocycles. The number of nitrogens with zero attached hydrogens (tertiary/aromatic N) is 3. The van der Waals surface area contributed by atoms with Crippen LogP contribution in [0.3, 0.4) is 0 Å². The van der Waals surface area contributed by atoms with E-state index in [1.54, 1.807) is 26.5 Å². The number of benzene rings is 2. The SMILES string of the molecule is CCCNC(=O)c1ccc(N2CCN(Cc3c(OC)cc(-c4cncc(O)c4)cc3OC)CC2)cc1. The van der Waals surface area contributed by atoms with Gasteiger partial charge in [-0.2, -0.15) is 0 Å². The maximum Gasteiger partial charge on any atom is 0.251 e. The number of anilines is 1. The Labute approximate surface area is 212 Å². The minimum atomic E-state index is -0.0255. The van der Waals surface area contributed by atoms with E-state index in [4.69, 9.17) is 9.47 Å². The lowest BCUT2D eigenvalue weighted by molar-refractivity contribution is 0.0953. The van der Waals surface area contributed by atoms with Gasteiger partial charge in [0.1, 0.15) is 17.2 Å². The minimum Gasteiger partial charge on any atom is -0.506 e. The van der Waals surface area contributed by atoms with Gasteiger partial charge < -0.3 is 24.8 Å². The summed E-state index contributed by atoms with van der Waals surface area (Å²) in [5.41, 5.74) is 4.47. The van der Waals surface area contributed by atoms with Gasteiger partial charge in [-0.15, -0.1) is 0 Å². The fourth-order valence-corrected chi connectivity index (χ4v) is 4.44. The van der Waals surface area contributed by atoms with E-state index >= 15 is 0 Å². The predicted octanol–water partition coefficient (Wildman–Crippen LogP) is 3.93. The van der Waals surface area contributed by atoms with Crippen LogP contribution >= 0.6 is 0 Å². The molecule has 0 saturated carbocycles. The summed E-state index contributed by atoms with van der Waals surface area (Å²) in [4.78, 5) is 21.0. The Balaban J connectivity index is 1.42. The second-order valence-electron chi connectivity index (χ2n) is 8.86. The lowest BCUT2D eigenvalue weighted by Gasteiger charge is -2.36. The molecule has 4 rings (SSSR count). The number of piperazine rings is 1. The Hall–Kier alpha value is -3.78. The van der Waals surface area contributed by atoms with E-state index in [1.807, 2.05) is 43.3 Å². The molecule has 1 aliphatic heterocycles. The zero-order valence-corrected chi connectivity index (χ0v) is 21.2. The topological polar surface area (TPSA) is 87.2 Å². The van der Waals surface area contributed by atoms with Gasteiger partial charge >= 0.3 is 0 Å². The maximum absolute atomic E-state index is 12.2. The highest BCUT2D eigenvalue weighted by Gasteiger charge is 2.22. The van der Waals surface area contributed by atoms with Gasteiger partial charge in [-0.05, 0) is 54.4 Å². The Morgan fingerprint density at radius 3 is 2.22 bits per heavy atom. The summed E-state index contributed by atoms with van der Waals surface area (Å²) < 4.78 is 11.5. The highest BCUT2D eigenvalue weighted by molar-refractivity contribution is 5.94. The molecule has 0 spiro atoms. The fraction of sp³-hybridized carbons (Fsp3) is 0.357. The van der Waals surface area contributed by atoms with Gasteiger partial charge in [0.05, 0.1) is 26.0 Å². The van der Waals surface area contributed by atoms with Crippen LogP contribution in [0.15, 0.2) is 54.9 Å². The van der Waals surface area contributed by atoms with Crippen LogP contribution in [-0.2, 0) is 6.54 Å². The van der Waals surface area contributed by atoms with Gasteiger partial charge in [-0.1, -0.05) is 6.92 Å². The number of amides is 1. The van der Waals surface area contributed by atoms with Crippen molar-refractivity contribution in [2.24, 2.45) is 0 Å². The Kier molecular flexibility index (Phi) is 8.28. The summed E-state index contributed by atoms with van der Waals surface area (Å²) in [5, 5.41) is 12.7. The van der Waals surface area contributed by atoms with E-state index in [2.05, 4.69) is 20.1 Å². The number of carbonyl (C=O) groups excluding carboxylic acids is 1. The number of rotatable bonds is 9. The quantitative estimate of drug-likeness (QED) is 0.470. The molecule has 2 N–H and O–H groups in total. The second kappa shape index (κ2) is 11.8. The first-order valence-corrected chi connectivity index (χ1v) is 12.3. The largest absolute Gasteiger partial charge is 0.506 e. The fourth-order valence-electron chi connectivity index (χ4n) is 4.44. The summed E-state index contributed by atoms with van der Waals surface area (Å²) in [5.74, 6) is 1.57. The average molecular weight is 491 g/mol. The zero-order chi connectivity index (χ0) is 25.5. The molecule has 8 nitrogen and oxygen atoms in total. The molecule has 0 unspecified atom stereocenters. The van der Waals surface area contributed by atoms with E-state index in [0.717, 1.165) is 66.5 Å². The number of hydrogen-bond acceptors (Lipinski definition) is 7. The third-order valence-electron chi connectivity index (χ3n) is 6.45. The molecule has 36 heavy (non-hydrogen) atoms. The molecule has 1 amide bonds. The van der Waals surface area contributed by atoms with Gasteiger partial charge in [-0.25, -0.2) is 0 Å². The lowest BCUT2D eigenvalue weighted by atomic mass is 10.0. The molecule has 1 fully saturated rings. The second-order valence-corrected chi connectivity index (χ2v) is 8.86. The molecule has 0 bridgehead atoms. The van der Waals surface area contributed by atoms with Gasteiger partial charge in [0.2, 0.25) is 0 Å². The summed E-state index contributed by atoms with van der Waals surface area (Å²) in [6.45, 7) is 6.99. The van der Waals surface area contributed by atoms with E-state index in [9.17, 15) is 9.90 Å². The number of pyridine rings is 1. The predicted molar refractivity (Wildman–Crippen MR) is 141 cm³/mol. The molecule has 8 heteroatoms. The van der Waals surface area contributed by atoms with Crippen molar-refractivity contribution in [1.29, 1.82) is 0 Å². The van der Waals surface area contributed by atoms with Crippen LogP contribution in [-0.4, -0.2) is 67.8 Å². The molecule has 0 atom stereocenters. The Morgan fingerprint density at radius 1 is 0.972 bits per heavy atom. The van der Waals surface area contributed by atoms with Crippen molar-refractivity contribution in [3.63, 3.8) is 0 Å². The van der Waals surface area contributed by atoms with Crippen molar-refractivity contribution in [3.8, 4) is 28.4 Å². The van der Waals surface area contributed by atoms with Crippen molar-refractivity contribution >= 4 is 11.6 Å².